The van der Waals surface area contributed by atoms with E-state index in [0.29, 0.717) is 21.6 Å². The first-order valence-corrected chi connectivity index (χ1v) is 8.99. The van der Waals surface area contributed by atoms with Crippen molar-refractivity contribution in [2.24, 2.45) is 0 Å². The molecule has 0 aliphatic carbocycles. The van der Waals surface area contributed by atoms with Crippen LogP contribution in [0.4, 0.5) is 5.69 Å². The minimum Gasteiger partial charge on any atom is -0.495 e. The van der Waals surface area contributed by atoms with Crippen molar-refractivity contribution in [3.8, 4) is 11.4 Å². The monoisotopic (exact) mass is 389 g/mol. The minimum absolute atomic E-state index is 0.210. The fourth-order valence-corrected chi connectivity index (χ4v) is 3.19. The number of tetrazole rings is 1. The molecule has 26 heavy (non-hydrogen) atoms. The van der Waals surface area contributed by atoms with Crippen molar-refractivity contribution >= 4 is 35.0 Å². The number of rotatable bonds is 6. The number of methoxy groups -OCH3 is 1. The van der Waals surface area contributed by atoms with Gasteiger partial charge in [-0.15, -0.1) is 5.10 Å². The third-order valence-corrected chi connectivity index (χ3v) is 4.78. The highest BCUT2D eigenvalue weighted by Crippen LogP contribution is 2.29. The average molecular weight is 390 g/mol. The molecular weight excluding hydrogens is 374 g/mol. The summed E-state index contributed by atoms with van der Waals surface area (Å²) >= 11 is 7.26. The van der Waals surface area contributed by atoms with E-state index in [1.807, 2.05) is 30.3 Å². The van der Waals surface area contributed by atoms with Crippen LogP contribution in [0, 0.1) is 0 Å². The van der Waals surface area contributed by atoms with E-state index in [4.69, 9.17) is 16.3 Å². The van der Waals surface area contributed by atoms with Crippen LogP contribution in [0.5, 0.6) is 5.75 Å². The fourth-order valence-electron chi connectivity index (χ4n) is 2.21. The number of nitrogens with zero attached hydrogens (tertiary/aromatic N) is 4. The van der Waals surface area contributed by atoms with Crippen molar-refractivity contribution in [3.63, 3.8) is 0 Å². The highest BCUT2D eigenvalue weighted by atomic mass is 35.5. The maximum Gasteiger partial charge on any atom is 0.237 e. The van der Waals surface area contributed by atoms with E-state index in [2.05, 4.69) is 20.8 Å². The predicted octanol–water partition coefficient (Wildman–Crippen LogP) is 3.44. The number of aromatic nitrogens is 4. The van der Waals surface area contributed by atoms with E-state index < -0.39 is 5.25 Å². The summed E-state index contributed by atoms with van der Waals surface area (Å²) in [5, 5.41) is 15.1. The van der Waals surface area contributed by atoms with E-state index in [1.165, 1.54) is 18.9 Å². The summed E-state index contributed by atoms with van der Waals surface area (Å²) in [5.74, 6) is 0.326. The smallest absolute Gasteiger partial charge is 0.237 e. The van der Waals surface area contributed by atoms with E-state index in [-0.39, 0.29) is 5.91 Å². The number of carbonyl (C=O) groups excluding carboxylic acids is 1. The lowest BCUT2D eigenvalue weighted by Crippen LogP contribution is -2.23. The number of benzene rings is 2. The Labute approximate surface area is 159 Å². The summed E-state index contributed by atoms with van der Waals surface area (Å²) in [6.45, 7) is 1.78. The van der Waals surface area contributed by atoms with E-state index in [0.717, 1.165) is 5.69 Å². The molecule has 1 amide bonds. The molecule has 0 aliphatic rings. The number of nitrogens with one attached hydrogen (secondary N) is 1. The Morgan fingerprint density at radius 2 is 2.04 bits per heavy atom. The second-order valence-electron chi connectivity index (χ2n) is 5.30. The average Bonchev–Trinajstić information content (AvgIpc) is 3.10. The van der Waals surface area contributed by atoms with Crippen LogP contribution in [0.15, 0.2) is 53.7 Å². The van der Waals surface area contributed by atoms with E-state index in [1.54, 1.807) is 29.8 Å². The fraction of sp³-hybridized carbons (Fsp3) is 0.176. The topological polar surface area (TPSA) is 81.9 Å². The molecule has 1 N–H and O–H groups in total. The van der Waals surface area contributed by atoms with Gasteiger partial charge in [-0.25, -0.2) is 0 Å². The van der Waals surface area contributed by atoms with Crippen LogP contribution < -0.4 is 10.1 Å². The Kier molecular flexibility index (Phi) is 5.75. The van der Waals surface area contributed by atoms with Gasteiger partial charge in [0.25, 0.3) is 0 Å². The van der Waals surface area contributed by atoms with E-state index in [9.17, 15) is 4.79 Å². The summed E-state index contributed by atoms with van der Waals surface area (Å²) in [4.78, 5) is 12.6. The van der Waals surface area contributed by atoms with Gasteiger partial charge in [0.1, 0.15) is 5.75 Å². The van der Waals surface area contributed by atoms with Gasteiger partial charge >= 0.3 is 0 Å². The zero-order valence-corrected chi connectivity index (χ0v) is 15.7. The molecule has 0 fully saturated rings. The van der Waals surface area contributed by atoms with Gasteiger partial charge in [0.2, 0.25) is 11.1 Å². The molecule has 0 bridgehead atoms. The molecule has 134 valence electrons. The Morgan fingerprint density at radius 3 is 2.77 bits per heavy atom. The van der Waals surface area contributed by atoms with Gasteiger partial charge in [-0.05, 0) is 47.7 Å². The Balaban J connectivity index is 1.73. The molecule has 3 aromatic rings. The zero-order chi connectivity index (χ0) is 18.5. The number of thioether (sulfide) groups is 1. The first-order valence-electron chi connectivity index (χ1n) is 7.73. The number of hydrogen-bond donors (Lipinski definition) is 1. The van der Waals surface area contributed by atoms with Crippen LogP contribution in [-0.4, -0.2) is 38.5 Å². The number of anilines is 1. The maximum absolute atomic E-state index is 12.6. The summed E-state index contributed by atoms with van der Waals surface area (Å²) in [7, 11) is 1.53. The predicted molar refractivity (Wildman–Crippen MR) is 101 cm³/mol. The van der Waals surface area contributed by atoms with Gasteiger partial charge in [-0.3, -0.25) is 4.79 Å². The van der Waals surface area contributed by atoms with Crippen molar-refractivity contribution in [1.82, 2.24) is 20.2 Å². The summed E-state index contributed by atoms with van der Waals surface area (Å²) in [6.07, 6.45) is 0. The quantitative estimate of drug-likeness (QED) is 0.650. The molecule has 7 nitrogen and oxygen atoms in total. The molecule has 0 spiro atoms. The van der Waals surface area contributed by atoms with E-state index >= 15 is 0 Å². The standard InChI is InChI=1S/C17H16ClN5O2S/c1-11(16(24)19-14-10-12(18)8-9-15(14)25-2)26-17-20-21-22-23(17)13-6-4-3-5-7-13/h3-11H,1-2H3,(H,19,24)/t11-/m0/s1. The number of hydrogen-bond acceptors (Lipinski definition) is 6. The zero-order valence-electron chi connectivity index (χ0n) is 14.1. The number of carbonyl (C=O) groups is 1. The molecular formula is C17H16ClN5O2S. The molecule has 3 rings (SSSR count). The van der Waals surface area contributed by atoms with Crippen LogP contribution >= 0.6 is 23.4 Å². The molecule has 0 aliphatic heterocycles. The van der Waals surface area contributed by atoms with Crippen LogP contribution in [0.3, 0.4) is 0 Å². The first kappa shape index (κ1) is 18.2. The largest absolute Gasteiger partial charge is 0.495 e. The molecule has 1 atom stereocenters. The van der Waals surface area contributed by atoms with Crippen molar-refractivity contribution in [3.05, 3.63) is 53.6 Å². The molecule has 0 saturated heterocycles. The number of amides is 1. The van der Waals surface area contributed by atoms with Crippen LogP contribution in [0.25, 0.3) is 5.69 Å². The lowest BCUT2D eigenvalue weighted by Gasteiger charge is -2.14. The van der Waals surface area contributed by atoms with Gasteiger partial charge in [-0.1, -0.05) is 41.6 Å². The van der Waals surface area contributed by atoms with Gasteiger partial charge in [-0.2, -0.15) is 4.68 Å². The summed E-state index contributed by atoms with van der Waals surface area (Å²) < 4.78 is 6.84. The first-order chi connectivity index (χ1) is 12.6. The molecule has 0 saturated carbocycles. The van der Waals surface area contributed by atoms with Crippen molar-refractivity contribution in [2.45, 2.75) is 17.3 Å². The van der Waals surface area contributed by atoms with Gasteiger partial charge in [0.05, 0.1) is 23.7 Å². The third-order valence-electron chi connectivity index (χ3n) is 3.51. The van der Waals surface area contributed by atoms with Crippen molar-refractivity contribution < 1.29 is 9.53 Å². The number of para-hydroxylation sites is 1. The lowest BCUT2D eigenvalue weighted by molar-refractivity contribution is -0.115. The molecule has 0 radical (unpaired) electrons. The highest BCUT2D eigenvalue weighted by Gasteiger charge is 2.20. The van der Waals surface area contributed by atoms with Gasteiger partial charge in [0, 0.05) is 5.02 Å². The van der Waals surface area contributed by atoms with Crippen LogP contribution in [0.2, 0.25) is 5.02 Å². The summed E-state index contributed by atoms with van der Waals surface area (Å²) in [5.41, 5.74) is 1.34. The maximum atomic E-state index is 12.6. The Morgan fingerprint density at radius 1 is 1.27 bits per heavy atom. The van der Waals surface area contributed by atoms with Gasteiger partial charge < -0.3 is 10.1 Å². The van der Waals surface area contributed by atoms with Crippen molar-refractivity contribution in [2.75, 3.05) is 12.4 Å². The Hall–Kier alpha value is -2.58. The molecule has 0 unspecified atom stereocenters. The lowest BCUT2D eigenvalue weighted by atomic mass is 10.3. The number of halogens is 1. The highest BCUT2D eigenvalue weighted by molar-refractivity contribution is 8.00. The second kappa shape index (κ2) is 8.20. The molecule has 2 aromatic carbocycles. The minimum atomic E-state index is -0.438. The van der Waals surface area contributed by atoms with Crippen LogP contribution in [0.1, 0.15) is 6.92 Å². The second-order valence-corrected chi connectivity index (χ2v) is 7.05. The molecule has 1 aromatic heterocycles. The van der Waals surface area contributed by atoms with Crippen molar-refractivity contribution in [1.29, 1.82) is 0 Å². The molecule has 1 heterocycles. The third kappa shape index (κ3) is 4.14. The van der Waals surface area contributed by atoms with Crippen LogP contribution in [-0.2, 0) is 4.79 Å². The SMILES string of the molecule is COc1ccc(Cl)cc1NC(=O)[C@H](C)Sc1nnnn1-c1ccccc1. The summed E-state index contributed by atoms with van der Waals surface area (Å²) in [6, 6.07) is 14.5. The Bertz CT molecular complexity index is 903. The van der Waals surface area contributed by atoms with Gasteiger partial charge in [0.15, 0.2) is 0 Å². The normalized spacial score (nSPS) is 11.8. The number of ether oxygens (including phenoxy) is 1. The molecule has 9 heteroatoms.